The normalized spacial score (nSPS) is 25.8. The van der Waals surface area contributed by atoms with Gasteiger partial charge in [-0.15, -0.1) is 0 Å². The molecule has 1 fully saturated rings. The van der Waals surface area contributed by atoms with Crippen molar-refractivity contribution in [2.75, 3.05) is 26.3 Å². The number of halogens is 3. The zero-order valence-corrected chi connectivity index (χ0v) is 8.99. The molecule has 2 N–H and O–H groups in total. The van der Waals surface area contributed by atoms with Crippen LogP contribution in [0.25, 0.3) is 0 Å². The number of carbonyl (C=O) groups is 1. The van der Waals surface area contributed by atoms with Gasteiger partial charge in [0.05, 0.1) is 13.2 Å². The Kier molecular flexibility index (Phi) is 4.15. The summed E-state index contributed by atoms with van der Waals surface area (Å²) in [5.41, 5.74) is -0.310. The molecule has 7 heteroatoms. The first-order valence-corrected chi connectivity index (χ1v) is 4.97. The van der Waals surface area contributed by atoms with Gasteiger partial charge in [-0.25, -0.2) is 0 Å². The molecule has 0 bridgehead atoms. The van der Waals surface area contributed by atoms with Gasteiger partial charge in [0, 0.05) is 12.1 Å². The maximum absolute atomic E-state index is 11.8. The SMILES string of the molecule is CC1(NCC(=O)NCC(F)(F)F)CCOC1. The fourth-order valence-electron chi connectivity index (χ4n) is 1.36. The van der Waals surface area contributed by atoms with Gasteiger partial charge in [-0.05, 0) is 13.3 Å². The van der Waals surface area contributed by atoms with Crippen LogP contribution in [0.15, 0.2) is 0 Å². The third-order valence-corrected chi connectivity index (χ3v) is 2.38. The van der Waals surface area contributed by atoms with E-state index in [0.29, 0.717) is 13.2 Å². The van der Waals surface area contributed by atoms with E-state index in [9.17, 15) is 18.0 Å². The first-order valence-electron chi connectivity index (χ1n) is 4.97. The molecule has 0 saturated carbocycles. The largest absolute Gasteiger partial charge is 0.405 e. The zero-order chi connectivity index (χ0) is 12.2. The second-order valence-corrected chi connectivity index (χ2v) is 4.11. The van der Waals surface area contributed by atoms with E-state index in [2.05, 4.69) is 5.32 Å². The van der Waals surface area contributed by atoms with Crippen LogP contribution in [0, 0.1) is 0 Å². The summed E-state index contributed by atoms with van der Waals surface area (Å²) in [4.78, 5) is 11.1. The molecule has 1 rings (SSSR count). The first kappa shape index (κ1) is 13.2. The molecule has 1 heterocycles. The van der Waals surface area contributed by atoms with E-state index in [1.54, 1.807) is 5.32 Å². The van der Waals surface area contributed by atoms with E-state index < -0.39 is 18.6 Å². The molecule has 1 atom stereocenters. The van der Waals surface area contributed by atoms with Gasteiger partial charge in [-0.3, -0.25) is 4.79 Å². The van der Waals surface area contributed by atoms with Gasteiger partial charge in [0.2, 0.25) is 5.91 Å². The lowest BCUT2D eigenvalue weighted by Crippen LogP contribution is -2.48. The first-order chi connectivity index (χ1) is 7.31. The summed E-state index contributed by atoms with van der Waals surface area (Å²) in [7, 11) is 0. The van der Waals surface area contributed by atoms with Crippen molar-refractivity contribution in [2.45, 2.75) is 25.1 Å². The molecular weight excluding hydrogens is 225 g/mol. The Morgan fingerprint density at radius 2 is 2.19 bits per heavy atom. The van der Waals surface area contributed by atoms with Gasteiger partial charge in [0.15, 0.2) is 0 Å². The Morgan fingerprint density at radius 3 is 2.69 bits per heavy atom. The summed E-state index contributed by atoms with van der Waals surface area (Å²) < 4.78 is 40.5. The molecule has 0 aromatic heterocycles. The molecule has 4 nitrogen and oxygen atoms in total. The lowest BCUT2D eigenvalue weighted by Gasteiger charge is -2.23. The van der Waals surface area contributed by atoms with E-state index in [-0.39, 0.29) is 12.1 Å². The summed E-state index contributed by atoms with van der Waals surface area (Å²) in [6, 6.07) is 0. The molecule has 1 aliphatic rings. The van der Waals surface area contributed by atoms with Crippen LogP contribution in [-0.4, -0.2) is 43.9 Å². The van der Waals surface area contributed by atoms with Crippen molar-refractivity contribution in [1.29, 1.82) is 0 Å². The van der Waals surface area contributed by atoms with Gasteiger partial charge in [-0.2, -0.15) is 13.2 Å². The van der Waals surface area contributed by atoms with Crippen LogP contribution < -0.4 is 10.6 Å². The highest BCUT2D eigenvalue weighted by atomic mass is 19.4. The van der Waals surface area contributed by atoms with E-state index in [0.717, 1.165) is 6.42 Å². The molecule has 1 unspecified atom stereocenters. The van der Waals surface area contributed by atoms with Crippen molar-refractivity contribution in [3.05, 3.63) is 0 Å². The standard InChI is InChI=1S/C9H15F3N2O2/c1-8(2-3-16-6-8)14-4-7(15)13-5-9(10,11)12/h14H,2-6H2,1H3,(H,13,15). The van der Waals surface area contributed by atoms with Gasteiger partial charge in [0.25, 0.3) is 0 Å². The quantitative estimate of drug-likeness (QED) is 0.749. The highest BCUT2D eigenvalue weighted by molar-refractivity contribution is 5.78. The van der Waals surface area contributed by atoms with Gasteiger partial charge < -0.3 is 15.4 Å². The molecule has 0 spiro atoms. The number of hydrogen-bond acceptors (Lipinski definition) is 3. The topological polar surface area (TPSA) is 50.4 Å². The van der Waals surface area contributed by atoms with Crippen molar-refractivity contribution in [2.24, 2.45) is 0 Å². The third kappa shape index (κ3) is 4.80. The number of alkyl halides is 3. The summed E-state index contributed by atoms with van der Waals surface area (Å²) in [6.45, 7) is 1.53. The van der Waals surface area contributed by atoms with Crippen molar-refractivity contribution in [1.82, 2.24) is 10.6 Å². The van der Waals surface area contributed by atoms with E-state index >= 15 is 0 Å². The monoisotopic (exact) mass is 240 g/mol. The average Bonchev–Trinajstić information content (AvgIpc) is 2.59. The fraction of sp³-hybridized carbons (Fsp3) is 0.889. The average molecular weight is 240 g/mol. The Bertz CT molecular complexity index is 250. The minimum atomic E-state index is -4.37. The Balaban J connectivity index is 2.20. The molecule has 0 aliphatic carbocycles. The summed E-state index contributed by atoms with van der Waals surface area (Å²) >= 11 is 0. The lowest BCUT2D eigenvalue weighted by atomic mass is 10.0. The molecule has 0 aromatic carbocycles. The molecule has 94 valence electrons. The van der Waals surface area contributed by atoms with Crippen LogP contribution in [0.2, 0.25) is 0 Å². The number of hydrogen-bond donors (Lipinski definition) is 2. The summed E-state index contributed by atoms with van der Waals surface area (Å²) in [6.07, 6.45) is -3.62. The van der Waals surface area contributed by atoms with Gasteiger partial charge in [-0.1, -0.05) is 0 Å². The van der Waals surface area contributed by atoms with Crippen molar-refractivity contribution in [3.63, 3.8) is 0 Å². The van der Waals surface area contributed by atoms with Gasteiger partial charge in [0.1, 0.15) is 6.54 Å². The van der Waals surface area contributed by atoms with Crippen LogP contribution in [0.3, 0.4) is 0 Å². The molecule has 1 aliphatic heterocycles. The van der Waals surface area contributed by atoms with Crippen LogP contribution in [-0.2, 0) is 9.53 Å². The predicted octanol–water partition coefficient (Wildman–Crippen LogP) is 0.433. The highest BCUT2D eigenvalue weighted by Crippen LogP contribution is 2.16. The smallest absolute Gasteiger partial charge is 0.379 e. The summed E-state index contributed by atoms with van der Waals surface area (Å²) in [5, 5.41) is 4.69. The fourth-order valence-corrected chi connectivity index (χ4v) is 1.36. The maximum atomic E-state index is 11.8. The van der Waals surface area contributed by atoms with E-state index in [1.807, 2.05) is 6.92 Å². The number of amides is 1. The predicted molar refractivity (Wildman–Crippen MR) is 50.9 cm³/mol. The summed E-state index contributed by atoms with van der Waals surface area (Å²) in [5.74, 6) is -0.662. The second-order valence-electron chi connectivity index (χ2n) is 4.11. The number of nitrogens with one attached hydrogen (secondary N) is 2. The number of ether oxygens (including phenoxy) is 1. The van der Waals surface area contributed by atoms with Gasteiger partial charge >= 0.3 is 6.18 Å². The third-order valence-electron chi connectivity index (χ3n) is 2.38. The minimum absolute atomic E-state index is 0.129. The molecular formula is C9H15F3N2O2. The lowest BCUT2D eigenvalue weighted by molar-refractivity contribution is -0.138. The Hall–Kier alpha value is -0.820. The van der Waals surface area contributed by atoms with Crippen LogP contribution in [0.1, 0.15) is 13.3 Å². The van der Waals surface area contributed by atoms with Crippen molar-refractivity contribution >= 4 is 5.91 Å². The molecule has 0 radical (unpaired) electrons. The number of carbonyl (C=O) groups excluding carboxylic acids is 1. The minimum Gasteiger partial charge on any atom is -0.379 e. The van der Waals surface area contributed by atoms with Crippen LogP contribution in [0.4, 0.5) is 13.2 Å². The van der Waals surface area contributed by atoms with Crippen molar-refractivity contribution in [3.8, 4) is 0 Å². The highest BCUT2D eigenvalue weighted by Gasteiger charge is 2.31. The Morgan fingerprint density at radius 1 is 1.50 bits per heavy atom. The molecule has 1 saturated heterocycles. The van der Waals surface area contributed by atoms with E-state index in [1.165, 1.54) is 0 Å². The van der Waals surface area contributed by atoms with Crippen LogP contribution >= 0.6 is 0 Å². The molecule has 16 heavy (non-hydrogen) atoms. The molecule has 0 aromatic rings. The maximum Gasteiger partial charge on any atom is 0.405 e. The van der Waals surface area contributed by atoms with Crippen molar-refractivity contribution < 1.29 is 22.7 Å². The number of rotatable bonds is 4. The van der Waals surface area contributed by atoms with Crippen LogP contribution in [0.5, 0.6) is 0 Å². The van der Waals surface area contributed by atoms with E-state index in [4.69, 9.17) is 4.74 Å². The molecule has 1 amide bonds. The zero-order valence-electron chi connectivity index (χ0n) is 8.99. The Labute approximate surface area is 91.5 Å². The second kappa shape index (κ2) is 5.01.